The second-order valence-electron chi connectivity index (χ2n) is 8.44. The molecule has 1 fully saturated rings. The van der Waals surface area contributed by atoms with Gasteiger partial charge in [0, 0.05) is 11.8 Å². The van der Waals surface area contributed by atoms with Crippen LogP contribution in [0.15, 0.2) is 72.3 Å². The summed E-state index contributed by atoms with van der Waals surface area (Å²) in [5, 5.41) is 11.5. The number of amides is 1. The van der Waals surface area contributed by atoms with Gasteiger partial charge in [-0.15, -0.1) is 0 Å². The van der Waals surface area contributed by atoms with E-state index in [1.54, 1.807) is 18.2 Å². The first-order valence-electron chi connectivity index (χ1n) is 11.7. The molecule has 1 amide bonds. The van der Waals surface area contributed by atoms with Crippen molar-refractivity contribution in [2.24, 2.45) is 0 Å². The number of carbonyl (C=O) groups is 2. The van der Waals surface area contributed by atoms with E-state index in [1.807, 2.05) is 76.2 Å². The highest BCUT2D eigenvalue weighted by atomic mass is 16.5. The standard InChI is InChI=1S/C29H29NO5/c1-5-34-22-14-15-23(24(17-22)35-6-2)27(31)25-26(20-9-7-8-19(4)16-20)30(29(33)28(25)32)21-12-10-18(3)11-13-21/h7-17,26,31H,5-6H2,1-4H3/b27-25-. The Kier molecular flexibility index (Phi) is 6.92. The molecule has 3 aromatic carbocycles. The molecule has 6 nitrogen and oxygen atoms in total. The number of aliphatic hydroxyl groups excluding tert-OH is 1. The van der Waals surface area contributed by atoms with E-state index in [0.29, 0.717) is 36.0 Å². The minimum absolute atomic E-state index is 0.0197. The van der Waals surface area contributed by atoms with Gasteiger partial charge in [-0.05, 0) is 57.5 Å². The normalized spacial score (nSPS) is 17.0. The Balaban J connectivity index is 1.94. The minimum atomic E-state index is -0.793. The molecule has 4 rings (SSSR count). The maximum absolute atomic E-state index is 13.4. The molecule has 35 heavy (non-hydrogen) atoms. The third-order valence-corrected chi connectivity index (χ3v) is 5.93. The van der Waals surface area contributed by atoms with Crippen molar-refractivity contribution in [3.8, 4) is 11.5 Å². The summed E-state index contributed by atoms with van der Waals surface area (Å²) >= 11 is 0. The van der Waals surface area contributed by atoms with E-state index < -0.39 is 17.7 Å². The van der Waals surface area contributed by atoms with Gasteiger partial charge < -0.3 is 14.6 Å². The molecule has 0 saturated carbocycles. The van der Waals surface area contributed by atoms with Gasteiger partial charge >= 0.3 is 0 Å². The van der Waals surface area contributed by atoms with Crippen molar-refractivity contribution in [3.63, 3.8) is 0 Å². The summed E-state index contributed by atoms with van der Waals surface area (Å²) in [7, 11) is 0. The highest BCUT2D eigenvalue weighted by Gasteiger charge is 2.47. The van der Waals surface area contributed by atoms with Gasteiger partial charge in [-0.25, -0.2) is 0 Å². The van der Waals surface area contributed by atoms with Crippen molar-refractivity contribution < 1.29 is 24.2 Å². The van der Waals surface area contributed by atoms with Crippen molar-refractivity contribution >= 4 is 23.1 Å². The average Bonchev–Trinajstić information content (AvgIpc) is 3.10. The zero-order chi connectivity index (χ0) is 25.1. The maximum Gasteiger partial charge on any atom is 0.300 e. The number of carbonyl (C=O) groups excluding carboxylic acids is 2. The number of ether oxygens (including phenoxy) is 2. The van der Waals surface area contributed by atoms with Crippen molar-refractivity contribution in [3.05, 3.63) is 94.6 Å². The van der Waals surface area contributed by atoms with Gasteiger partial charge in [0.25, 0.3) is 11.7 Å². The number of aryl methyl sites for hydroxylation is 2. The number of benzene rings is 3. The average molecular weight is 472 g/mol. The van der Waals surface area contributed by atoms with Gasteiger partial charge in [0.05, 0.1) is 30.4 Å². The van der Waals surface area contributed by atoms with E-state index in [1.165, 1.54) is 4.90 Å². The largest absolute Gasteiger partial charge is 0.507 e. The SMILES string of the molecule is CCOc1ccc(/C(O)=C2/C(=O)C(=O)N(c3ccc(C)cc3)C2c2cccc(C)c2)c(OCC)c1. The number of hydrogen-bond acceptors (Lipinski definition) is 5. The molecule has 1 aliphatic rings. The predicted octanol–water partition coefficient (Wildman–Crippen LogP) is 5.73. The van der Waals surface area contributed by atoms with Gasteiger partial charge in [-0.1, -0.05) is 47.5 Å². The summed E-state index contributed by atoms with van der Waals surface area (Å²) in [6.45, 7) is 8.45. The smallest absolute Gasteiger partial charge is 0.300 e. The lowest BCUT2D eigenvalue weighted by Gasteiger charge is -2.26. The molecule has 1 heterocycles. The summed E-state index contributed by atoms with van der Waals surface area (Å²) in [5.74, 6) is -0.754. The fraction of sp³-hybridized carbons (Fsp3) is 0.241. The second kappa shape index (κ2) is 10.1. The van der Waals surface area contributed by atoms with E-state index >= 15 is 0 Å². The molecule has 1 unspecified atom stereocenters. The Morgan fingerprint density at radius 3 is 2.26 bits per heavy atom. The number of nitrogens with zero attached hydrogens (tertiary/aromatic N) is 1. The number of anilines is 1. The Hall–Kier alpha value is -4.06. The topological polar surface area (TPSA) is 76.1 Å². The van der Waals surface area contributed by atoms with Crippen LogP contribution in [0.3, 0.4) is 0 Å². The summed E-state index contributed by atoms with van der Waals surface area (Å²) in [4.78, 5) is 28.2. The Bertz CT molecular complexity index is 1290. The lowest BCUT2D eigenvalue weighted by molar-refractivity contribution is -0.132. The molecule has 0 radical (unpaired) electrons. The molecule has 0 aliphatic carbocycles. The van der Waals surface area contributed by atoms with Crippen LogP contribution in [-0.2, 0) is 9.59 Å². The molecule has 1 atom stereocenters. The second-order valence-corrected chi connectivity index (χ2v) is 8.44. The minimum Gasteiger partial charge on any atom is -0.507 e. The Morgan fingerprint density at radius 1 is 0.886 bits per heavy atom. The fourth-order valence-electron chi connectivity index (χ4n) is 4.33. The molecule has 0 spiro atoms. The monoisotopic (exact) mass is 471 g/mol. The van der Waals surface area contributed by atoms with Gasteiger partial charge in [0.1, 0.15) is 17.3 Å². The molecule has 0 aromatic heterocycles. The molecular weight excluding hydrogens is 442 g/mol. The first-order valence-corrected chi connectivity index (χ1v) is 11.7. The molecule has 6 heteroatoms. The number of Topliss-reactive ketones (excluding diaryl/α,β-unsaturated/α-hetero) is 1. The highest BCUT2D eigenvalue weighted by molar-refractivity contribution is 6.51. The van der Waals surface area contributed by atoms with E-state index in [9.17, 15) is 14.7 Å². The van der Waals surface area contributed by atoms with Gasteiger partial charge in [-0.2, -0.15) is 0 Å². The Labute approximate surface area is 205 Å². The number of ketones is 1. The number of rotatable bonds is 7. The van der Waals surface area contributed by atoms with Crippen LogP contribution in [0.4, 0.5) is 5.69 Å². The summed E-state index contributed by atoms with van der Waals surface area (Å²) in [6.07, 6.45) is 0. The van der Waals surface area contributed by atoms with Crippen molar-refractivity contribution in [2.75, 3.05) is 18.1 Å². The molecule has 1 N–H and O–H groups in total. The number of aliphatic hydroxyl groups is 1. The van der Waals surface area contributed by atoms with E-state index in [4.69, 9.17) is 9.47 Å². The third kappa shape index (κ3) is 4.64. The highest BCUT2D eigenvalue weighted by Crippen LogP contribution is 2.43. The summed E-state index contributed by atoms with van der Waals surface area (Å²) < 4.78 is 11.3. The van der Waals surface area contributed by atoms with Crippen LogP contribution in [0.2, 0.25) is 0 Å². The van der Waals surface area contributed by atoms with Gasteiger partial charge in [-0.3, -0.25) is 14.5 Å². The van der Waals surface area contributed by atoms with E-state index in [2.05, 4.69) is 0 Å². The quantitative estimate of drug-likeness (QED) is 0.271. The van der Waals surface area contributed by atoms with Crippen molar-refractivity contribution in [2.45, 2.75) is 33.7 Å². The van der Waals surface area contributed by atoms with Crippen molar-refractivity contribution in [1.82, 2.24) is 0 Å². The molecule has 3 aromatic rings. The lowest BCUT2D eigenvalue weighted by Crippen LogP contribution is -2.29. The van der Waals surface area contributed by atoms with Crippen LogP contribution in [0.5, 0.6) is 11.5 Å². The molecule has 0 bridgehead atoms. The van der Waals surface area contributed by atoms with Crippen LogP contribution < -0.4 is 14.4 Å². The van der Waals surface area contributed by atoms with Gasteiger partial charge in [0.2, 0.25) is 0 Å². The van der Waals surface area contributed by atoms with E-state index in [0.717, 1.165) is 16.7 Å². The zero-order valence-electron chi connectivity index (χ0n) is 20.4. The molecule has 1 saturated heterocycles. The zero-order valence-corrected chi connectivity index (χ0v) is 20.4. The van der Waals surface area contributed by atoms with Crippen LogP contribution in [0.1, 0.15) is 42.1 Å². The summed E-state index contributed by atoms with van der Waals surface area (Å²) in [6, 6.07) is 19.3. The van der Waals surface area contributed by atoms with Gasteiger partial charge in [0.15, 0.2) is 0 Å². The van der Waals surface area contributed by atoms with Crippen LogP contribution >= 0.6 is 0 Å². The third-order valence-electron chi connectivity index (χ3n) is 5.93. The lowest BCUT2D eigenvalue weighted by atomic mass is 9.94. The van der Waals surface area contributed by atoms with Crippen LogP contribution in [0.25, 0.3) is 5.76 Å². The summed E-state index contributed by atoms with van der Waals surface area (Å²) in [5.41, 5.74) is 3.68. The first-order chi connectivity index (χ1) is 16.8. The van der Waals surface area contributed by atoms with Crippen molar-refractivity contribution in [1.29, 1.82) is 0 Å². The van der Waals surface area contributed by atoms with Crippen LogP contribution in [0, 0.1) is 13.8 Å². The number of hydrogen-bond donors (Lipinski definition) is 1. The molecule has 1 aliphatic heterocycles. The van der Waals surface area contributed by atoms with E-state index in [-0.39, 0.29) is 11.3 Å². The maximum atomic E-state index is 13.4. The predicted molar refractivity (Wildman–Crippen MR) is 136 cm³/mol. The molecular formula is C29H29NO5. The first kappa shape index (κ1) is 24.1. The molecule has 180 valence electrons. The Morgan fingerprint density at radius 2 is 1.60 bits per heavy atom. The van der Waals surface area contributed by atoms with Crippen LogP contribution in [-0.4, -0.2) is 30.0 Å². The fourth-order valence-corrected chi connectivity index (χ4v) is 4.33.